The molecule has 0 unspecified atom stereocenters. The highest BCUT2D eigenvalue weighted by Crippen LogP contribution is 2.30. The van der Waals surface area contributed by atoms with E-state index in [0.29, 0.717) is 16.7 Å². The number of fused-ring (bicyclic) bond motifs is 2. The van der Waals surface area contributed by atoms with Crippen molar-refractivity contribution < 1.29 is 19.0 Å². The van der Waals surface area contributed by atoms with Crippen LogP contribution in [0.1, 0.15) is 19.4 Å². The number of hydrogen-bond acceptors (Lipinski definition) is 5. The molecular formula is C16H16O5. The number of benzene rings is 1. The Balaban J connectivity index is 2.27. The minimum atomic E-state index is -1.27. The van der Waals surface area contributed by atoms with Gasteiger partial charge in [-0.25, -0.2) is 4.79 Å². The summed E-state index contributed by atoms with van der Waals surface area (Å²) in [6, 6.07) is 6.69. The lowest BCUT2D eigenvalue weighted by molar-refractivity contribution is -0.0468. The first kappa shape index (κ1) is 13.9. The van der Waals surface area contributed by atoms with Gasteiger partial charge in [0.25, 0.3) is 0 Å². The second-order valence-electron chi connectivity index (χ2n) is 5.74. The van der Waals surface area contributed by atoms with Gasteiger partial charge in [-0.3, -0.25) is 0 Å². The van der Waals surface area contributed by atoms with Crippen LogP contribution >= 0.6 is 0 Å². The smallest absolute Gasteiger partial charge is 0.336 e. The zero-order chi connectivity index (χ0) is 15.2. The number of hydrogen-bond donors (Lipinski definition) is 2. The molecule has 2 heterocycles. The fourth-order valence-corrected chi connectivity index (χ4v) is 2.35. The lowest BCUT2D eigenvalue weighted by Crippen LogP contribution is -2.37. The summed E-state index contributed by atoms with van der Waals surface area (Å²) < 4.78 is 10.7. The van der Waals surface area contributed by atoms with Gasteiger partial charge in [-0.05, 0) is 32.0 Å². The summed E-state index contributed by atoms with van der Waals surface area (Å²) in [5, 5.41) is 21.7. The molecule has 3 rings (SSSR count). The van der Waals surface area contributed by atoms with E-state index in [9.17, 15) is 15.0 Å². The average Bonchev–Trinajstić information content (AvgIpc) is 2.85. The lowest BCUT2D eigenvalue weighted by atomic mass is 9.93. The third kappa shape index (κ3) is 2.46. The maximum absolute atomic E-state index is 11.5. The van der Waals surface area contributed by atoms with Crippen molar-refractivity contribution >= 4 is 21.9 Å². The Labute approximate surface area is 120 Å². The highest BCUT2D eigenvalue weighted by Gasteiger charge is 2.27. The highest BCUT2D eigenvalue weighted by atomic mass is 16.4. The standard InChI is InChI=1S/C16H16O5/c1-16(2,19)12(17)8-11-14-10(5-6-20-14)7-9-3-4-13(18)21-15(9)11/h3-7,12,17,19H,8H2,1-2H3/t12-/m1/s1. The molecule has 0 aliphatic heterocycles. The SMILES string of the molecule is CC(C)(O)[C@H](O)Cc1c2occc2cc2ccc(=O)oc12. The van der Waals surface area contributed by atoms with E-state index in [4.69, 9.17) is 8.83 Å². The Morgan fingerprint density at radius 1 is 1.19 bits per heavy atom. The summed E-state index contributed by atoms with van der Waals surface area (Å²) in [7, 11) is 0. The van der Waals surface area contributed by atoms with Crippen molar-refractivity contribution in [3.05, 3.63) is 46.5 Å². The molecule has 0 fully saturated rings. The zero-order valence-electron chi connectivity index (χ0n) is 11.8. The van der Waals surface area contributed by atoms with Crippen LogP contribution in [0.5, 0.6) is 0 Å². The van der Waals surface area contributed by atoms with Gasteiger partial charge < -0.3 is 19.0 Å². The van der Waals surface area contributed by atoms with Crippen LogP contribution in [-0.4, -0.2) is 21.9 Å². The van der Waals surface area contributed by atoms with E-state index in [-0.39, 0.29) is 6.42 Å². The molecule has 0 saturated carbocycles. The van der Waals surface area contributed by atoms with E-state index in [1.165, 1.54) is 19.9 Å². The van der Waals surface area contributed by atoms with Crippen LogP contribution in [0.2, 0.25) is 0 Å². The molecule has 0 spiro atoms. The van der Waals surface area contributed by atoms with Crippen molar-refractivity contribution in [3.63, 3.8) is 0 Å². The molecule has 0 aliphatic rings. The minimum Gasteiger partial charge on any atom is -0.464 e. The van der Waals surface area contributed by atoms with E-state index >= 15 is 0 Å². The van der Waals surface area contributed by atoms with E-state index in [1.54, 1.807) is 18.4 Å². The molecule has 110 valence electrons. The Hall–Kier alpha value is -2.11. The van der Waals surface area contributed by atoms with Crippen LogP contribution in [0.25, 0.3) is 21.9 Å². The first-order chi connectivity index (χ1) is 9.86. The highest BCUT2D eigenvalue weighted by molar-refractivity contribution is 5.96. The molecule has 5 nitrogen and oxygen atoms in total. The van der Waals surface area contributed by atoms with E-state index in [2.05, 4.69) is 0 Å². The van der Waals surface area contributed by atoms with Gasteiger partial charge in [0.1, 0.15) is 11.2 Å². The topological polar surface area (TPSA) is 83.8 Å². The molecule has 0 aliphatic carbocycles. The van der Waals surface area contributed by atoms with Gasteiger partial charge in [0, 0.05) is 28.8 Å². The van der Waals surface area contributed by atoms with Gasteiger partial charge in [0.15, 0.2) is 0 Å². The van der Waals surface area contributed by atoms with Gasteiger partial charge in [-0.2, -0.15) is 0 Å². The Bertz CT molecular complexity index is 850. The predicted molar refractivity (Wildman–Crippen MR) is 78.3 cm³/mol. The van der Waals surface area contributed by atoms with Crippen LogP contribution in [-0.2, 0) is 6.42 Å². The number of furan rings is 1. The third-order valence-corrected chi connectivity index (χ3v) is 3.63. The third-order valence-electron chi connectivity index (χ3n) is 3.63. The van der Waals surface area contributed by atoms with Crippen molar-refractivity contribution in [2.45, 2.75) is 32.0 Å². The van der Waals surface area contributed by atoms with Crippen molar-refractivity contribution in [2.24, 2.45) is 0 Å². The van der Waals surface area contributed by atoms with Crippen molar-refractivity contribution in [2.75, 3.05) is 0 Å². The summed E-state index contributed by atoms with van der Waals surface area (Å²) in [6.45, 7) is 3.05. The first-order valence-corrected chi connectivity index (χ1v) is 6.69. The molecule has 0 saturated heterocycles. The number of aliphatic hydroxyl groups is 2. The monoisotopic (exact) mass is 288 g/mol. The largest absolute Gasteiger partial charge is 0.464 e. The number of rotatable bonds is 3. The van der Waals surface area contributed by atoms with Crippen molar-refractivity contribution in [3.8, 4) is 0 Å². The molecular weight excluding hydrogens is 272 g/mol. The molecule has 5 heteroatoms. The normalized spacial score (nSPS) is 13.9. The fraction of sp³-hybridized carbons (Fsp3) is 0.312. The minimum absolute atomic E-state index is 0.123. The van der Waals surface area contributed by atoms with Gasteiger partial charge in [-0.15, -0.1) is 0 Å². The second kappa shape index (κ2) is 4.72. The van der Waals surface area contributed by atoms with E-state index in [0.717, 1.165) is 10.8 Å². The lowest BCUT2D eigenvalue weighted by Gasteiger charge is -2.24. The summed E-state index contributed by atoms with van der Waals surface area (Å²) in [4.78, 5) is 11.5. The van der Waals surface area contributed by atoms with E-state index < -0.39 is 17.3 Å². The summed E-state index contributed by atoms with van der Waals surface area (Å²) in [6.07, 6.45) is 0.654. The van der Waals surface area contributed by atoms with Gasteiger partial charge in [0.2, 0.25) is 0 Å². The molecule has 0 amide bonds. The Morgan fingerprint density at radius 3 is 2.62 bits per heavy atom. The van der Waals surface area contributed by atoms with Gasteiger partial charge in [0.05, 0.1) is 18.0 Å². The van der Waals surface area contributed by atoms with Crippen molar-refractivity contribution in [1.82, 2.24) is 0 Å². The average molecular weight is 288 g/mol. The van der Waals surface area contributed by atoms with Gasteiger partial charge in [-0.1, -0.05) is 0 Å². The second-order valence-corrected chi connectivity index (χ2v) is 5.74. The molecule has 1 aromatic carbocycles. The first-order valence-electron chi connectivity index (χ1n) is 6.69. The fourth-order valence-electron chi connectivity index (χ4n) is 2.35. The van der Waals surface area contributed by atoms with Crippen LogP contribution in [0.4, 0.5) is 0 Å². The van der Waals surface area contributed by atoms with Crippen molar-refractivity contribution in [1.29, 1.82) is 0 Å². The molecule has 1 atom stereocenters. The summed E-state index contributed by atoms with van der Waals surface area (Å²) in [5.41, 5.74) is -0.212. The molecule has 0 bridgehead atoms. The molecule has 2 aromatic heterocycles. The Kier molecular flexibility index (Phi) is 3.11. The molecule has 3 aromatic rings. The molecule has 2 N–H and O–H groups in total. The number of aliphatic hydroxyl groups excluding tert-OH is 1. The molecule has 21 heavy (non-hydrogen) atoms. The van der Waals surface area contributed by atoms with Crippen LogP contribution < -0.4 is 5.63 Å². The Morgan fingerprint density at radius 2 is 1.90 bits per heavy atom. The quantitative estimate of drug-likeness (QED) is 0.722. The predicted octanol–water partition coefficient (Wildman–Crippen LogP) is 2.21. The zero-order valence-corrected chi connectivity index (χ0v) is 11.8. The molecule has 0 radical (unpaired) electrons. The van der Waals surface area contributed by atoms with Gasteiger partial charge >= 0.3 is 5.63 Å². The summed E-state index contributed by atoms with van der Waals surface area (Å²) in [5.74, 6) is 0. The van der Waals surface area contributed by atoms with E-state index in [1.807, 2.05) is 6.07 Å². The summed E-state index contributed by atoms with van der Waals surface area (Å²) >= 11 is 0. The maximum atomic E-state index is 11.5. The van der Waals surface area contributed by atoms with Crippen LogP contribution in [0, 0.1) is 0 Å². The van der Waals surface area contributed by atoms with Crippen LogP contribution in [0.3, 0.4) is 0 Å². The maximum Gasteiger partial charge on any atom is 0.336 e. The van der Waals surface area contributed by atoms with Crippen LogP contribution in [0.15, 0.2) is 44.2 Å².